The van der Waals surface area contributed by atoms with Gasteiger partial charge in [0.1, 0.15) is 24.1 Å². The SMILES string of the molecule is CC(C)OC(=O)N1CCC(Oc2ncnc3c2CCN3c2ccc([S@](C)=O)c(F)c2)CC1. The second-order valence-corrected chi connectivity index (χ2v) is 9.54. The Morgan fingerprint density at radius 2 is 1.97 bits per heavy atom. The highest BCUT2D eigenvalue weighted by Gasteiger charge is 2.30. The molecular weight excluding hydrogens is 435 g/mol. The van der Waals surface area contributed by atoms with E-state index >= 15 is 0 Å². The number of halogens is 1. The lowest BCUT2D eigenvalue weighted by Crippen LogP contribution is -2.42. The molecule has 4 rings (SSSR count). The van der Waals surface area contributed by atoms with Crippen LogP contribution in [0.3, 0.4) is 0 Å². The van der Waals surface area contributed by atoms with Crippen molar-refractivity contribution in [2.24, 2.45) is 0 Å². The van der Waals surface area contributed by atoms with Crippen molar-refractivity contribution in [3.05, 3.63) is 35.9 Å². The summed E-state index contributed by atoms with van der Waals surface area (Å²) >= 11 is 0. The van der Waals surface area contributed by atoms with Crippen molar-refractivity contribution in [1.82, 2.24) is 14.9 Å². The van der Waals surface area contributed by atoms with Crippen molar-refractivity contribution < 1.29 is 22.9 Å². The van der Waals surface area contributed by atoms with Gasteiger partial charge in [-0.1, -0.05) is 0 Å². The number of likely N-dealkylation sites (tertiary alicyclic amines) is 1. The molecule has 32 heavy (non-hydrogen) atoms. The molecule has 1 fully saturated rings. The van der Waals surface area contributed by atoms with E-state index in [4.69, 9.17) is 9.47 Å². The molecule has 0 aliphatic carbocycles. The second-order valence-electron chi connectivity index (χ2n) is 8.19. The van der Waals surface area contributed by atoms with Gasteiger partial charge in [0.15, 0.2) is 0 Å². The number of carbonyl (C=O) groups excluding carboxylic acids is 1. The Balaban J connectivity index is 1.45. The standard InChI is InChI=1S/C22H27FN4O4S/c1-14(2)30-22(28)26-9-6-16(7-10-26)31-21-17-8-11-27(20(17)24-13-25-21)15-4-5-19(32(3)29)18(23)12-15/h4-5,12-14,16H,6-11H2,1-3H3/t32-/m0/s1. The van der Waals surface area contributed by atoms with Gasteiger partial charge in [-0.05, 0) is 38.5 Å². The van der Waals surface area contributed by atoms with E-state index in [2.05, 4.69) is 9.97 Å². The van der Waals surface area contributed by atoms with Crippen LogP contribution in [0.2, 0.25) is 0 Å². The number of nitrogens with zero attached hydrogens (tertiary/aromatic N) is 4. The van der Waals surface area contributed by atoms with Crippen molar-refractivity contribution in [2.75, 3.05) is 30.8 Å². The van der Waals surface area contributed by atoms with E-state index in [1.165, 1.54) is 18.6 Å². The zero-order valence-corrected chi connectivity index (χ0v) is 19.2. The summed E-state index contributed by atoms with van der Waals surface area (Å²) in [6.45, 7) is 5.43. The molecule has 0 N–H and O–H groups in total. The van der Waals surface area contributed by atoms with Gasteiger partial charge in [0.05, 0.1) is 27.4 Å². The van der Waals surface area contributed by atoms with Crippen molar-refractivity contribution in [3.63, 3.8) is 0 Å². The lowest BCUT2D eigenvalue weighted by Gasteiger charge is -2.32. The van der Waals surface area contributed by atoms with Gasteiger partial charge in [0, 0.05) is 44.4 Å². The topological polar surface area (TPSA) is 84.9 Å². The number of anilines is 2. The van der Waals surface area contributed by atoms with Crippen LogP contribution in [0.25, 0.3) is 0 Å². The molecule has 1 saturated heterocycles. The number of ether oxygens (including phenoxy) is 2. The van der Waals surface area contributed by atoms with Gasteiger partial charge >= 0.3 is 6.09 Å². The van der Waals surface area contributed by atoms with Crippen molar-refractivity contribution in [2.45, 2.75) is 50.2 Å². The van der Waals surface area contributed by atoms with Crippen LogP contribution in [-0.2, 0) is 22.0 Å². The smallest absolute Gasteiger partial charge is 0.410 e. The summed E-state index contributed by atoms with van der Waals surface area (Å²) in [6, 6.07) is 4.69. The van der Waals surface area contributed by atoms with Crippen LogP contribution < -0.4 is 9.64 Å². The van der Waals surface area contributed by atoms with Crippen LogP contribution in [0.15, 0.2) is 29.4 Å². The Labute approximate surface area is 189 Å². The van der Waals surface area contributed by atoms with Crippen molar-refractivity contribution in [1.29, 1.82) is 0 Å². The van der Waals surface area contributed by atoms with Crippen LogP contribution in [0.4, 0.5) is 20.7 Å². The summed E-state index contributed by atoms with van der Waals surface area (Å²) < 4.78 is 37.4. The molecule has 3 heterocycles. The van der Waals surface area contributed by atoms with E-state index in [0.717, 1.165) is 5.56 Å². The molecular formula is C22H27FN4O4S. The fourth-order valence-corrected chi connectivity index (χ4v) is 4.60. The van der Waals surface area contributed by atoms with Crippen molar-refractivity contribution in [3.8, 4) is 5.88 Å². The highest BCUT2D eigenvalue weighted by molar-refractivity contribution is 7.84. The number of rotatable bonds is 5. The molecule has 0 unspecified atom stereocenters. The van der Waals surface area contributed by atoms with E-state index < -0.39 is 16.6 Å². The maximum atomic E-state index is 14.4. The first kappa shape index (κ1) is 22.4. The van der Waals surface area contributed by atoms with Crippen LogP contribution in [-0.4, -0.2) is 63.3 Å². The van der Waals surface area contributed by atoms with Gasteiger partial charge < -0.3 is 19.3 Å². The average molecular weight is 463 g/mol. The summed E-state index contributed by atoms with van der Waals surface area (Å²) in [6.07, 6.45) is 4.48. The Hall–Kier alpha value is -2.75. The molecule has 0 bridgehead atoms. The maximum Gasteiger partial charge on any atom is 0.410 e. The van der Waals surface area contributed by atoms with Gasteiger partial charge in [-0.25, -0.2) is 19.2 Å². The van der Waals surface area contributed by atoms with E-state index in [-0.39, 0.29) is 23.2 Å². The van der Waals surface area contributed by atoms with Gasteiger partial charge in [-0.3, -0.25) is 4.21 Å². The molecule has 0 spiro atoms. The Kier molecular flexibility index (Phi) is 6.59. The Bertz CT molecular complexity index is 1030. The van der Waals surface area contributed by atoms with Gasteiger partial charge in [-0.15, -0.1) is 0 Å². The third kappa shape index (κ3) is 4.69. The molecule has 172 valence electrons. The first-order chi connectivity index (χ1) is 15.3. The Morgan fingerprint density at radius 1 is 1.22 bits per heavy atom. The molecule has 10 heteroatoms. The second kappa shape index (κ2) is 9.40. The molecule has 1 atom stereocenters. The molecule has 2 aromatic rings. The largest absolute Gasteiger partial charge is 0.474 e. The van der Waals surface area contributed by atoms with Gasteiger partial charge in [0.25, 0.3) is 0 Å². The zero-order valence-electron chi connectivity index (χ0n) is 18.4. The third-order valence-electron chi connectivity index (χ3n) is 5.58. The fourth-order valence-electron chi connectivity index (χ4n) is 4.00. The molecule has 1 amide bonds. The van der Waals surface area contributed by atoms with E-state index in [1.54, 1.807) is 17.0 Å². The molecule has 0 saturated carbocycles. The lowest BCUT2D eigenvalue weighted by atomic mass is 10.1. The first-order valence-corrected chi connectivity index (χ1v) is 12.3. The third-order valence-corrected chi connectivity index (χ3v) is 6.53. The number of carbonyl (C=O) groups is 1. The van der Waals surface area contributed by atoms with Gasteiger partial charge in [0.2, 0.25) is 5.88 Å². The average Bonchev–Trinajstić information content (AvgIpc) is 3.18. The van der Waals surface area contributed by atoms with E-state index in [1.807, 2.05) is 18.7 Å². The highest BCUT2D eigenvalue weighted by atomic mass is 32.2. The van der Waals surface area contributed by atoms with Crippen LogP contribution in [0.5, 0.6) is 5.88 Å². The first-order valence-electron chi connectivity index (χ1n) is 10.7. The molecule has 1 aromatic heterocycles. The number of fused-ring (bicyclic) bond motifs is 1. The summed E-state index contributed by atoms with van der Waals surface area (Å²) in [5.41, 5.74) is 1.54. The minimum Gasteiger partial charge on any atom is -0.474 e. The molecule has 1 aromatic carbocycles. The number of amides is 1. The zero-order chi connectivity index (χ0) is 22.8. The number of benzene rings is 1. The summed E-state index contributed by atoms with van der Waals surface area (Å²) in [5, 5.41) is 0. The number of hydrogen-bond donors (Lipinski definition) is 0. The van der Waals surface area contributed by atoms with E-state index in [0.29, 0.717) is 56.3 Å². The fraction of sp³-hybridized carbons (Fsp3) is 0.500. The molecule has 2 aliphatic heterocycles. The Morgan fingerprint density at radius 3 is 2.62 bits per heavy atom. The minimum absolute atomic E-state index is 0.0533. The minimum atomic E-state index is -1.38. The van der Waals surface area contributed by atoms with Crippen LogP contribution in [0, 0.1) is 5.82 Å². The molecule has 2 aliphatic rings. The monoisotopic (exact) mass is 462 g/mol. The van der Waals surface area contributed by atoms with Gasteiger partial charge in [-0.2, -0.15) is 0 Å². The van der Waals surface area contributed by atoms with Crippen LogP contribution >= 0.6 is 0 Å². The van der Waals surface area contributed by atoms with Crippen molar-refractivity contribution >= 4 is 28.4 Å². The predicted molar refractivity (Wildman–Crippen MR) is 118 cm³/mol. The summed E-state index contributed by atoms with van der Waals surface area (Å²) in [4.78, 5) is 24.6. The lowest BCUT2D eigenvalue weighted by molar-refractivity contribution is 0.0505. The summed E-state index contributed by atoms with van der Waals surface area (Å²) in [7, 11) is -1.38. The maximum absolute atomic E-state index is 14.4. The molecule has 8 nitrogen and oxygen atoms in total. The number of piperidine rings is 1. The predicted octanol–water partition coefficient (Wildman–Crippen LogP) is 3.44. The van der Waals surface area contributed by atoms with E-state index in [9.17, 15) is 13.4 Å². The molecule has 0 radical (unpaired) electrons. The number of hydrogen-bond acceptors (Lipinski definition) is 7. The number of aromatic nitrogens is 2. The quantitative estimate of drug-likeness (QED) is 0.673. The normalized spacial score (nSPS) is 17.4. The van der Waals surface area contributed by atoms with Crippen LogP contribution in [0.1, 0.15) is 32.3 Å². The summed E-state index contributed by atoms with van der Waals surface area (Å²) in [5.74, 6) is 0.732. The highest BCUT2D eigenvalue weighted by Crippen LogP contribution is 2.37.